The summed E-state index contributed by atoms with van der Waals surface area (Å²) < 4.78 is 23.6. The fourth-order valence-electron chi connectivity index (χ4n) is 3.10. The number of carbonyl (C=O) groups excluding carboxylic acids is 2. The van der Waals surface area contributed by atoms with Gasteiger partial charge in [-0.1, -0.05) is 24.2 Å². The zero-order chi connectivity index (χ0) is 19.0. The van der Waals surface area contributed by atoms with Gasteiger partial charge in [0.25, 0.3) is 5.91 Å². The molecule has 1 unspecified atom stereocenters. The van der Waals surface area contributed by atoms with Crippen LogP contribution < -0.4 is 5.32 Å². The number of rotatable bonds is 5. The Labute approximate surface area is 153 Å². The Balaban J connectivity index is 1.60. The van der Waals surface area contributed by atoms with Crippen LogP contribution >= 0.6 is 0 Å². The average molecular weight is 370 g/mol. The van der Waals surface area contributed by atoms with E-state index in [0.717, 1.165) is 4.90 Å². The van der Waals surface area contributed by atoms with Crippen molar-refractivity contribution >= 4 is 11.9 Å². The molecule has 9 heteroatoms. The third-order valence-corrected chi connectivity index (χ3v) is 4.55. The van der Waals surface area contributed by atoms with E-state index in [1.807, 2.05) is 0 Å². The summed E-state index contributed by atoms with van der Waals surface area (Å²) in [7, 11) is 0. The second-order valence-corrected chi connectivity index (χ2v) is 6.08. The normalized spacial score (nSPS) is 19.6. The molecule has 0 saturated carbocycles. The topological polar surface area (TPSA) is 101 Å². The highest BCUT2D eigenvalue weighted by atomic mass is 19.1. The lowest BCUT2D eigenvalue weighted by atomic mass is 9.87. The standard InChI is InChI=1S/C18H15FN4O4/c1-2-18(11-5-7-12(19)8-6-11)16(24)23(17(25)21-18)10-14-20-15(22-27-14)13-4-3-9-26-13/h3-9H,2,10H2,1H3,(H,21,25). The van der Waals surface area contributed by atoms with E-state index in [-0.39, 0.29) is 18.3 Å². The molecule has 1 N–H and O–H groups in total. The third kappa shape index (κ3) is 2.77. The molecule has 1 fully saturated rings. The van der Waals surface area contributed by atoms with Crippen LogP contribution in [0.25, 0.3) is 11.6 Å². The predicted molar refractivity (Wildman–Crippen MR) is 89.5 cm³/mol. The number of nitrogens with zero attached hydrogens (tertiary/aromatic N) is 3. The minimum Gasteiger partial charge on any atom is -0.461 e. The minimum atomic E-state index is -1.26. The summed E-state index contributed by atoms with van der Waals surface area (Å²) in [6.07, 6.45) is 1.78. The van der Waals surface area contributed by atoms with Gasteiger partial charge < -0.3 is 14.3 Å². The maximum absolute atomic E-state index is 13.2. The van der Waals surface area contributed by atoms with E-state index in [1.165, 1.54) is 30.5 Å². The highest BCUT2D eigenvalue weighted by Gasteiger charge is 2.51. The molecule has 3 amide bonds. The maximum atomic E-state index is 13.2. The van der Waals surface area contributed by atoms with Crippen molar-refractivity contribution in [2.45, 2.75) is 25.4 Å². The predicted octanol–water partition coefficient (Wildman–Crippen LogP) is 2.83. The summed E-state index contributed by atoms with van der Waals surface area (Å²) in [5, 5.41) is 6.50. The Morgan fingerprint density at radius 1 is 1.22 bits per heavy atom. The van der Waals surface area contributed by atoms with Crippen LogP contribution in [0.4, 0.5) is 9.18 Å². The molecule has 0 spiro atoms. The Bertz CT molecular complexity index is 983. The second kappa shape index (κ2) is 6.35. The van der Waals surface area contributed by atoms with Crippen LogP contribution in [-0.2, 0) is 16.9 Å². The summed E-state index contributed by atoms with van der Waals surface area (Å²) in [5.41, 5.74) is -0.747. The number of furan rings is 1. The van der Waals surface area contributed by atoms with Crippen molar-refractivity contribution in [1.29, 1.82) is 0 Å². The smallest absolute Gasteiger partial charge is 0.325 e. The van der Waals surface area contributed by atoms with Gasteiger partial charge in [0, 0.05) is 0 Å². The van der Waals surface area contributed by atoms with Crippen LogP contribution in [0, 0.1) is 5.82 Å². The minimum absolute atomic E-state index is 0.0934. The molecular formula is C18H15FN4O4. The molecule has 3 heterocycles. The van der Waals surface area contributed by atoms with Crippen LogP contribution in [0.3, 0.4) is 0 Å². The first-order valence-electron chi connectivity index (χ1n) is 8.30. The van der Waals surface area contributed by atoms with Gasteiger partial charge in [-0.15, -0.1) is 0 Å². The van der Waals surface area contributed by atoms with Crippen LogP contribution in [0.1, 0.15) is 24.8 Å². The van der Waals surface area contributed by atoms with Crippen molar-refractivity contribution in [2.75, 3.05) is 0 Å². The van der Waals surface area contributed by atoms with Gasteiger partial charge in [0.05, 0.1) is 6.26 Å². The van der Waals surface area contributed by atoms with Crippen molar-refractivity contribution in [3.05, 3.63) is 59.9 Å². The van der Waals surface area contributed by atoms with Gasteiger partial charge in [-0.3, -0.25) is 9.69 Å². The molecule has 27 heavy (non-hydrogen) atoms. The number of nitrogens with one attached hydrogen (secondary N) is 1. The third-order valence-electron chi connectivity index (χ3n) is 4.55. The van der Waals surface area contributed by atoms with E-state index < -0.39 is 23.3 Å². The molecule has 0 bridgehead atoms. The van der Waals surface area contributed by atoms with E-state index in [9.17, 15) is 14.0 Å². The molecule has 1 aromatic carbocycles. The molecule has 1 saturated heterocycles. The first-order valence-corrected chi connectivity index (χ1v) is 8.30. The largest absolute Gasteiger partial charge is 0.461 e. The molecule has 1 aliphatic heterocycles. The number of imide groups is 1. The first-order chi connectivity index (χ1) is 13.0. The number of carbonyl (C=O) groups is 2. The Kier molecular flexibility index (Phi) is 3.98. The first kappa shape index (κ1) is 17.0. The summed E-state index contributed by atoms with van der Waals surface area (Å²) in [6, 6.07) is 8.25. The van der Waals surface area contributed by atoms with Crippen molar-refractivity contribution in [2.24, 2.45) is 0 Å². The lowest BCUT2D eigenvalue weighted by Gasteiger charge is -2.25. The number of hydrogen-bond acceptors (Lipinski definition) is 6. The highest BCUT2D eigenvalue weighted by molar-refractivity contribution is 6.07. The van der Waals surface area contributed by atoms with Crippen molar-refractivity contribution in [1.82, 2.24) is 20.4 Å². The molecule has 2 aromatic heterocycles. The van der Waals surface area contributed by atoms with Crippen molar-refractivity contribution in [3.63, 3.8) is 0 Å². The number of urea groups is 1. The van der Waals surface area contributed by atoms with Crippen LogP contribution in [0.2, 0.25) is 0 Å². The Hall–Kier alpha value is -3.49. The fraction of sp³-hybridized carbons (Fsp3) is 0.222. The van der Waals surface area contributed by atoms with E-state index in [2.05, 4.69) is 15.5 Å². The van der Waals surface area contributed by atoms with Crippen LogP contribution in [0.15, 0.2) is 51.6 Å². The van der Waals surface area contributed by atoms with Gasteiger partial charge in [0.1, 0.15) is 17.9 Å². The van der Waals surface area contributed by atoms with E-state index in [1.54, 1.807) is 19.1 Å². The second-order valence-electron chi connectivity index (χ2n) is 6.08. The van der Waals surface area contributed by atoms with E-state index in [4.69, 9.17) is 8.94 Å². The molecule has 4 rings (SSSR count). The van der Waals surface area contributed by atoms with Crippen LogP contribution in [-0.4, -0.2) is 27.0 Å². The lowest BCUT2D eigenvalue weighted by Crippen LogP contribution is -2.43. The zero-order valence-corrected chi connectivity index (χ0v) is 14.3. The van der Waals surface area contributed by atoms with E-state index >= 15 is 0 Å². The summed E-state index contributed by atoms with van der Waals surface area (Å²) in [5.74, 6) is -0.149. The molecule has 3 aromatic rings. The number of aromatic nitrogens is 2. The number of halogens is 1. The van der Waals surface area contributed by atoms with Crippen molar-refractivity contribution < 1.29 is 22.9 Å². The van der Waals surface area contributed by atoms with Gasteiger partial charge in [0.2, 0.25) is 11.7 Å². The summed E-state index contributed by atoms with van der Waals surface area (Å²) >= 11 is 0. The maximum Gasteiger partial charge on any atom is 0.325 e. The molecular weight excluding hydrogens is 355 g/mol. The molecule has 1 aliphatic rings. The molecule has 0 radical (unpaired) electrons. The molecule has 0 aliphatic carbocycles. The van der Waals surface area contributed by atoms with Crippen LogP contribution in [0.5, 0.6) is 0 Å². The van der Waals surface area contributed by atoms with Gasteiger partial charge >= 0.3 is 6.03 Å². The monoisotopic (exact) mass is 370 g/mol. The van der Waals surface area contributed by atoms with Gasteiger partial charge in [-0.25, -0.2) is 9.18 Å². The Morgan fingerprint density at radius 2 is 2.00 bits per heavy atom. The molecule has 1 atom stereocenters. The average Bonchev–Trinajstić information content (AvgIpc) is 3.39. The Morgan fingerprint density at radius 3 is 2.67 bits per heavy atom. The van der Waals surface area contributed by atoms with E-state index in [0.29, 0.717) is 17.7 Å². The number of benzene rings is 1. The number of hydrogen-bond donors (Lipinski definition) is 1. The van der Waals surface area contributed by atoms with Gasteiger partial charge in [-0.2, -0.15) is 4.98 Å². The van der Waals surface area contributed by atoms with Gasteiger partial charge in [0.15, 0.2) is 5.76 Å². The lowest BCUT2D eigenvalue weighted by molar-refractivity contribution is -0.132. The SMILES string of the molecule is CCC1(c2ccc(F)cc2)NC(=O)N(Cc2nc(-c3ccco3)no2)C1=O. The van der Waals surface area contributed by atoms with Gasteiger partial charge in [-0.05, 0) is 36.2 Å². The fourth-order valence-corrected chi connectivity index (χ4v) is 3.10. The summed E-state index contributed by atoms with van der Waals surface area (Å²) in [4.78, 5) is 30.6. The number of amides is 3. The van der Waals surface area contributed by atoms with Crippen molar-refractivity contribution in [3.8, 4) is 11.6 Å². The zero-order valence-electron chi connectivity index (χ0n) is 14.3. The summed E-state index contributed by atoms with van der Waals surface area (Å²) in [6.45, 7) is 1.59. The highest BCUT2D eigenvalue weighted by Crippen LogP contribution is 2.33. The molecule has 138 valence electrons. The quantitative estimate of drug-likeness (QED) is 0.693. The molecule has 8 nitrogen and oxygen atoms in total.